The molecule has 0 aliphatic carbocycles. The average Bonchev–Trinajstić information content (AvgIpc) is 3.08. The second-order valence-corrected chi connectivity index (χ2v) is 5.62. The molecule has 1 aliphatic rings. The minimum Gasteiger partial charge on any atom is -0.372 e. The number of rotatable bonds is 4. The van der Waals surface area contributed by atoms with Crippen LogP contribution in [0.1, 0.15) is 18.4 Å². The normalized spacial score (nSPS) is 14.4. The molecule has 2 aromatic carbocycles. The summed E-state index contributed by atoms with van der Waals surface area (Å²) in [5.74, 6) is -0.548. The first kappa shape index (κ1) is 15.3. The number of halogens is 1. The number of hydrogen-bond acceptors (Lipinski definition) is 2. The van der Waals surface area contributed by atoms with Gasteiger partial charge in [-0.05, 0) is 60.9 Å². The Balaban J connectivity index is 1.59. The number of carbonyl (C=O) groups is 1. The summed E-state index contributed by atoms with van der Waals surface area (Å²) in [6.07, 6.45) is 5.48. The van der Waals surface area contributed by atoms with Gasteiger partial charge in [0.2, 0.25) is 5.91 Å². The van der Waals surface area contributed by atoms with Crippen molar-refractivity contribution in [2.24, 2.45) is 0 Å². The standard InChI is InChI=1S/C19H19FN2O/c20-16-5-3-4-15(14-16)6-11-19(23)21-17-7-9-18(10-8-17)22-12-1-2-13-22/h3-11,14H,1-2,12-13H2,(H,21,23)/b11-6+. The van der Waals surface area contributed by atoms with E-state index in [0.29, 0.717) is 5.56 Å². The lowest BCUT2D eigenvalue weighted by Gasteiger charge is -2.17. The van der Waals surface area contributed by atoms with Crippen LogP contribution in [0.2, 0.25) is 0 Å². The van der Waals surface area contributed by atoms with Crippen molar-refractivity contribution < 1.29 is 9.18 Å². The van der Waals surface area contributed by atoms with E-state index in [1.54, 1.807) is 18.2 Å². The first-order chi connectivity index (χ1) is 11.2. The van der Waals surface area contributed by atoms with E-state index in [1.165, 1.54) is 36.7 Å². The van der Waals surface area contributed by atoms with Gasteiger partial charge in [-0.2, -0.15) is 0 Å². The van der Waals surface area contributed by atoms with Crippen LogP contribution in [0, 0.1) is 5.82 Å². The Hall–Kier alpha value is -2.62. The molecule has 1 amide bonds. The van der Waals surface area contributed by atoms with Crippen molar-refractivity contribution in [3.63, 3.8) is 0 Å². The molecule has 0 unspecified atom stereocenters. The van der Waals surface area contributed by atoms with Crippen LogP contribution >= 0.6 is 0 Å². The minimum absolute atomic E-state index is 0.233. The summed E-state index contributed by atoms with van der Waals surface area (Å²) in [5.41, 5.74) is 2.60. The molecule has 0 spiro atoms. The van der Waals surface area contributed by atoms with E-state index in [0.717, 1.165) is 18.8 Å². The van der Waals surface area contributed by atoms with Crippen molar-refractivity contribution in [2.45, 2.75) is 12.8 Å². The lowest BCUT2D eigenvalue weighted by Crippen LogP contribution is -2.17. The number of benzene rings is 2. The molecule has 23 heavy (non-hydrogen) atoms. The number of anilines is 2. The largest absolute Gasteiger partial charge is 0.372 e. The van der Waals surface area contributed by atoms with Crippen LogP contribution in [-0.2, 0) is 4.79 Å². The Bertz CT molecular complexity index is 704. The van der Waals surface area contributed by atoms with Crippen molar-refractivity contribution in [1.29, 1.82) is 0 Å². The molecule has 1 heterocycles. The molecule has 0 bridgehead atoms. The third kappa shape index (κ3) is 4.19. The lowest BCUT2D eigenvalue weighted by molar-refractivity contribution is -0.111. The fraction of sp³-hybridized carbons (Fsp3) is 0.211. The Kier molecular flexibility index (Phi) is 4.71. The maximum atomic E-state index is 13.1. The van der Waals surface area contributed by atoms with E-state index in [9.17, 15) is 9.18 Å². The van der Waals surface area contributed by atoms with Crippen molar-refractivity contribution in [3.05, 3.63) is 66.0 Å². The summed E-state index contributed by atoms with van der Waals surface area (Å²) in [4.78, 5) is 14.3. The fourth-order valence-electron chi connectivity index (χ4n) is 2.70. The van der Waals surface area contributed by atoms with E-state index in [1.807, 2.05) is 24.3 Å². The van der Waals surface area contributed by atoms with Gasteiger partial charge in [-0.1, -0.05) is 12.1 Å². The molecule has 4 heteroatoms. The Morgan fingerprint density at radius 3 is 2.52 bits per heavy atom. The van der Waals surface area contributed by atoms with Crippen molar-refractivity contribution >= 4 is 23.4 Å². The molecule has 118 valence electrons. The second kappa shape index (κ2) is 7.09. The summed E-state index contributed by atoms with van der Waals surface area (Å²) in [6, 6.07) is 14.0. The molecule has 0 atom stereocenters. The quantitative estimate of drug-likeness (QED) is 0.863. The Labute approximate surface area is 135 Å². The van der Waals surface area contributed by atoms with Crippen LogP contribution < -0.4 is 10.2 Å². The van der Waals surface area contributed by atoms with Gasteiger partial charge >= 0.3 is 0 Å². The Morgan fingerprint density at radius 1 is 1.09 bits per heavy atom. The highest BCUT2D eigenvalue weighted by Crippen LogP contribution is 2.22. The highest BCUT2D eigenvalue weighted by molar-refractivity contribution is 6.02. The summed E-state index contributed by atoms with van der Waals surface area (Å²) in [6.45, 7) is 2.20. The molecule has 1 aliphatic heterocycles. The van der Waals surface area contributed by atoms with Gasteiger partial charge in [-0.3, -0.25) is 4.79 Å². The molecule has 3 nitrogen and oxygen atoms in total. The third-order valence-corrected chi connectivity index (χ3v) is 3.88. The van der Waals surface area contributed by atoms with E-state index in [2.05, 4.69) is 10.2 Å². The van der Waals surface area contributed by atoms with E-state index >= 15 is 0 Å². The van der Waals surface area contributed by atoms with Gasteiger partial charge < -0.3 is 10.2 Å². The molecule has 0 saturated carbocycles. The predicted octanol–water partition coefficient (Wildman–Crippen LogP) is 4.08. The number of nitrogens with zero attached hydrogens (tertiary/aromatic N) is 1. The van der Waals surface area contributed by atoms with Gasteiger partial charge in [0.05, 0.1) is 0 Å². The van der Waals surface area contributed by atoms with Crippen LogP contribution in [0.5, 0.6) is 0 Å². The maximum Gasteiger partial charge on any atom is 0.248 e. The second-order valence-electron chi connectivity index (χ2n) is 5.62. The number of nitrogens with one attached hydrogen (secondary N) is 1. The summed E-state index contributed by atoms with van der Waals surface area (Å²) >= 11 is 0. The van der Waals surface area contributed by atoms with Crippen molar-refractivity contribution in [1.82, 2.24) is 0 Å². The lowest BCUT2D eigenvalue weighted by atomic mass is 10.2. The first-order valence-electron chi connectivity index (χ1n) is 7.80. The van der Waals surface area contributed by atoms with Crippen LogP contribution in [0.4, 0.5) is 15.8 Å². The van der Waals surface area contributed by atoms with Gasteiger partial charge in [-0.25, -0.2) is 4.39 Å². The average molecular weight is 310 g/mol. The summed E-state index contributed by atoms with van der Waals surface area (Å²) < 4.78 is 13.1. The van der Waals surface area contributed by atoms with Gasteiger partial charge in [-0.15, -0.1) is 0 Å². The van der Waals surface area contributed by atoms with Crippen LogP contribution in [0.25, 0.3) is 6.08 Å². The molecular formula is C19H19FN2O. The van der Waals surface area contributed by atoms with Crippen LogP contribution in [0.15, 0.2) is 54.6 Å². The molecule has 1 saturated heterocycles. The number of amides is 1. The molecule has 0 aromatic heterocycles. The topological polar surface area (TPSA) is 32.3 Å². The van der Waals surface area contributed by atoms with Gasteiger partial charge in [0.15, 0.2) is 0 Å². The molecule has 1 fully saturated rings. The SMILES string of the molecule is O=C(/C=C/c1cccc(F)c1)Nc1ccc(N2CCCC2)cc1. The molecular weight excluding hydrogens is 291 g/mol. The zero-order valence-electron chi connectivity index (χ0n) is 12.8. The van der Waals surface area contributed by atoms with E-state index in [-0.39, 0.29) is 11.7 Å². The van der Waals surface area contributed by atoms with Crippen LogP contribution in [-0.4, -0.2) is 19.0 Å². The minimum atomic E-state index is -0.315. The van der Waals surface area contributed by atoms with Crippen LogP contribution in [0.3, 0.4) is 0 Å². The summed E-state index contributed by atoms with van der Waals surface area (Å²) in [7, 11) is 0. The highest BCUT2D eigenvalue weighted by Gasteiger charge is 2.11. The van der Waals surface area contributed by atoms with Gasteiger partial charge in [0.25, 0.3) is 0 Å². The maximum absolute atomic E-state index is 13.1. The number of carbonyl (C=O) groups excluding carboxylic acids is 1. The van der Waals surface area contributed by atoms with E-state index in [4.69, 9.17) is 0 Å². The predicted molar refractivity (Wildman–Crippen MR) is 92.0 cm³/mol. The Morgan fingerprint density at radius 2 is 1.83 bits per heavy atom. The van der Waals surface area contributed by atoms with Gasteiger partial charge in [0.1, 0.15) is 5.82 Å². The molecule has 1 N–H and O–H groups in total. The molecule has 3 rings (SSSR count). The van der Waals surface area contributed by atoms with Crippen molar-refractivity contribution in [3.8, 4) is 0 Å². The van der Waals surface area contributed by atoms with Crippen molar-refractivity contribution in [2.75, 3.05) is 23.3 Å². The van der Waals surface area contributed by atoms with E-state index < -0.39 is 0 Å². The monoisotopic (exact) mass is 310 g/mol. The first-order valence-corrected chi connectivity index (χ1v) is 7.80. The number of hydrogen-bond donors (Lipinski definition) is 1. The fourth-order valence-corrected chi connectivity index (χ4v) is 2.70. The zero-order valence-corrected chi connectivity index (χ0v) is 12.8. The zero-order chi connectivity index (χ0) is 16.1. The molecule has 0 radical (unpaired) electrons. The third-order valence-electron chi connectivity index (χ3n) is 3.88. The highest BCUT2D eigenvalue weighted by atomic mass is 19.1. The van der Waals surface area contributed by atoms with Gasteiger partial charge in [0, 0.05) is 30.5 Å². The molecule has 2 aromatic rings. The smallest absolute Gasteiger partial charge is 0.248 e. The summed E-state index contributed by atoms with van der Waals surface area (Å²) in [5, 5.41) is 2.81.